The molecule has 1 aromatic carbocycles. The monoisotopic (exact) mass is 461 g/mol. The molecule has 32 heavy (non-hydrogen) atoms. The molecule has 0 saturated carbocycles. The van der Waals surface area contributed by atoms with Gasteiger partial charge in [-0.3, -0.25) is 14.5 Å². The third-order valence-electron chi connectivity index (χ3n) is 7.73. The second kappa shape index (κ2) is 7.78. The number of nitrogens with zero attached hydrogens (tertiary/aromatic N) is 2. The summed E-state index contributed by atoms with van der Waals surface area (Å²) in [5.74, 6) is -0.700. The van der Waals surface area contributed by atoms with Gasteiger partial charge in [0.1, 0.15) is 24.2 Å². The van der Waals surface area contributed by atoms with Gasteiger partial charge in [0.25, 0.3) is 11.8 Å². The van der Waals surface area contributed by atoms with Crippen molar-refractivity contribution in [3.8, 4) is 0 Å². The number of quaternary nitrogens is 1. The van der Waals surface area contributed by atoms with Crippen molar-refractivity contribution in [2.24, 2.45) is 0 Å². The van der Waals surface area contributed by atoms with Crippen LogP contribution < -0.4 is 0 Å². The van der Waals surface area contributed by atoms with Crippen molar-refractivity contribution in [2.45, 2.75) is 83.8 Å². The topological polar surface area (TPSA) is 83.9 Å². The van der Waals surface area contributed by atoms with Gasteiger partial charge in [-0.1, -0.05) is 32.9 Å². The molecule has 1 unspecified atom stereocenters. The van der Waals surface area contributed by atoms with Gasteiger partial charge < -0.3 is 9.53 Å². The molecule has 3 atom stereocenters. The van der Waals surface area contributed by atoms with Crippen LogP contribution in [0.3, 0.4) is 0 Å². The van der Waals surface area contributed by atoms with Crippen molar-refractivity contribution in [3.63, 3.8) is 0 Å². The van der Waals surface area contributed by atoms with Crippen LogP contribution in [-0.4, -0.2) is 71.5 Å². The number of hydrogen-bond donors (Lipinski definition) is 1. The van der Waals surface area contributed by atoms with Crippen molar-refractivity contribution < 1.29 is 28.4 Å². The van der Waals surface area contributed by atoms with E-state index in [0.717, 1.165) is 0 Å². The minimum atomic E-state index is -2.13. The minimum Gasteiger partial charge on any atom is -0.435 e. The lowest BCUT2D eigenvalue weighted by atomic mass is 9.99. The Kier molecular flexibility index (Phi) is 5.98. The second-order valence-corrected chi connectivity index (χ2v) is 16.4. The molecule has 7 nitrogen and oxygen atoms in total. The maximum Gasteiger partial charge on any atom is 0.514 e. The van der Waals surface area contributed by atoms with Crippen LogP contribution >= 0.6 is 0 Å². The van der Waals surface area contributed by atoms with E-state index in [2.05, 4.69) is 33.9 Å². The van der Waals surface area contributed by atoms with Crippen LogP contribution in [0.2, 0.25) is 18.1 Å². The number of imide groups is 1. The summed E-state index contributed by atoms with van der Waals surface area (Å²) in [6, 6.07) is 6.31. The number of benzene rings is 1. The van der Waals surface area contributed by atoms with Crippen molar-refractivity contribution in [1.29, 1.82) is 0 Å². The quantitative estimate of drug-likeness (QED) is 0.398. The summed E-state index contributed by atoms with van der Waals surface area (Å²) < 4.78 is 6.41. The SMILES string of the molecule is CC(C)(C)[N+]1(C(=O)O)C[C@@H](O[Si](C)(C)C(C)(C)C)C[C@@H]1CN1C(=O)c2ccccc2C1=O. The number of hydrogen-bond acceptors (Lipinski definition) is 4. The van der Waals surface area contributed by atoms with E-state index in [1.807, 2.05) is 20.8 Å². The fourth-order valence-electron chi connectivity index (χ4n) is 4.88. The largest absolute Gasteiger partial charge is 0.514 e. The Bertz CT molecular complexity index is 911. The number of rotatable bonds is 4. The molecule has 1 saturated heterocycles. The molecule has 1 aromatic rings. The van der Waals surface area contributed by atoms with Crippen LogP contribution in [0, 0.1) is 0 Å². The van der Waals surface area contributed by atoms with Crippen molar-refractivity contribution >= 4 is 26.2 Å². The van der Waals surface area contributed by atoms with E-state index in [0.29, 0.717) is 24.1 Å². The van der Waals surface area contributed by atoms with Crippen LogP contribution in [-0.2, 0) is 4.43 Å². The molecule has 0 spiro atoms. The lowest BCUT2D eigenvalue weighted by Crippen LogP contribution is -2.68. The second-order valence-electron chi connectivity index (χ2n) is 11.7. The molecular formula is C24H37N2O5Si+. The zero-order valence-electron chi connectivity index (χ0n) is 20.6. The number of carboxylic acid groups (broad SMARTS) is 1. The van der Waals surface area contributed by atoms with Crippen LogP contribution in [0.15, 0.2) is 24.3 Å². The normalized spacial score (nSPS) is 26.6. The molecule has 2 aliphatic rings. The summed E-state index contributed by atoms with van der Waals surface area (Å²) in [4.78, 5) is 40.0. The molecule has 8 heteroatoms. The van der Waals surface area contributed by atoms with Gasteiger partial charge in [0.15, 0.2) is 8.32 Å². The summed E-state index contributed by atoms with van der Waals surface area (Å²) in [7, 11) is -2.13. The molecular weight excluding hydrogens is 424 g/mol. The Morgan fingerprint density at radius 3 is 2.00 bits per heavy atom. The fourth-order valence-corrected chi connectivity index (χ4v) is 6.24. The van der Waals surface area contributed by atoms with Gasteiger partial charge in [-0.15, -0.1) is 0 Å². The van der Waals surface area contributed by atoms with Crippen molar-refractivity contribution in [1.82, 2.24) is 4.90 Å². The van der Waals surface area contributed by atoms with Gasteiger partial charge in [0.2, 0.25) is 0 Å². The maximum absolute atomic E-state index is 13.0. The molecule has 2 heterocycles. The Balaban J connectivity index is 1.96. The average molecular weight is 462 g/mol. The average Bonchev–Trinajstić information content (AvgIpc) is 3.12. The zero-order valence-corrected chi connectivity index (χ0v) is 21.6. The van der Waals surface area contributed by atoms with Gasteiger partial charge in [-0.25, -0.2) is 4.48 Å². The molecule has 0 aliphatic carbocycles. The minimum absolute atomic E-state index is 0.00572. The number of likely N-dealkylation sites (tertiary alicyclic amines) is 1. The first-order chi connectivity index (χ1) is 14.5. The number of amides is 3. The van der Waals surface area contributed by atoms with Gasteiger partial charge >= 0.3 is 6.09 Å². The van der Waals surface area contributed by atoms with Gasteiger partial charge in [-0.05, 0) is 51.0 Å². The number of carbonyl (C=O) groups excluding carboxylic acids is 2. The van der Waals surface area contributed by atoms with Crippen LogP contribution in [0.25, 0.3) is 0 Å². The van der Waals surface area contributed by atoms with E-state index in [1.165, 1.54) is 4.90 Å². The van der Waals surface area contributed by atoms with Gasteiger partial charge in [-0.2, -0.15) is 4.79 Å². The zero-order chi connectivity index (χ0) is 24.3. The first kappa shape index (κ1) is 24.6. The molecule has 0 bridgehead atoms. The number of carbonyl (C=O) groups is 3. The van der Waals surface area contributed by atoms with E-state index >= 15 is 0 Å². The first-order valence-electron chi connectivity index (χ1n) is 11.3. The molecule has 1 fully saturated rings. The van der Waals surface area contributed by atoms with Crippen LogP contribution in [0.1, 0.15) is 68.7 Å². The Hall–Kier alpha value is -2.03. The molecule has 0 radical (unpaired) electrons. The summed E-state index contributed by atoms with van der Waals surface area (Å²) in [5, 5.41) is 10.5. The van der Waals surface area contributed by atoms with Crippen molar-refractivity contribution in [2.75, 3.05) is 13.1 Å². The number of fused-ring (bicyclic) bond motifs is 1. The predicted octanol–water partition coefficient (Wildman–Crippen LogP) is 4.74. The third-order valence-corrected chi connectivity index (χ3v) is 12.3. The van der Waals surface area contributed by atoms with Crippen LogP contribution in [0.5, 0.6) is 0 Å². The van der Waals surface area contributed by atoms with Gasteiger partial charge in [0, 0.05) is 6.42 Å². The van der Waals surface area contributed by atoms with E-state index in [1.54, 1.807) is 24.3 Å². The highest BCUT2D eigenvalue weighted by Gasteiger charge is 2.61. The highest BCUT2D eigenvalue weighted by atomic mass is 28.4. The van der Waals surface area contributed by atoms with E-state index in [-0.39, 0.29) is 34.0 Å². The fraction of sp³-hybridized carbons (Fsp3) is 0.625. The highest BCUT2D eigenvalue weighted by molar-refractivity contribution is 6.74. The Labute approximate surface area is 192 Å². The molecule has 0 aromatic heterocycles. The summed E-state index contributed by atoms with van der Waals surface area (Å²) in [6.45, 7) is 16.9. The standard InChI is InChI=1S/C24H36N2O5Si/c1-23(2,3)26(22(29)30)15-17(31-32(7,8)24(4,5)6)13-16(26)14-25-20(27)18-11-9-10-12-19(18)21(25)28/h9-12,16-17H,13-15H2,1-8H3/p+1/t16-,17+,26?/m1/s1. The van der Waals surface area contributed by atoms with E-state index in [4.69, 9.17) is 4.43 Å². The van der Waals surface area contributed by atoms with Crippen molar-refractivity contribution in [3.05, 3.63) is 35.4 Å². The summed E-state index contributed by atoms with van der Waals surface area (Å²) in [6.07, 6.45) is -0.699. The molecule has 3 rings (SSSR count). The predicted molar refractivity (Wildman–Crippen MR) is 125 cm³/mol. The maximum atomic E-state index is 13.0. The van der Waals surface area contributed by atoms with Gasteiger partial charge in [0.05, 0.1) is 17.7 Å². The van der Waals surface area contributed by atoms with Crippen LogP contribution in [0.4, 0.5) is 4.79 Å². The lowest BCUT2D eigenvalue weighted by molar-refractivity contribution is -0.914. The smallest absolute Gasteiger partial charge is 0.435 e. The molecule has 176 valence electrons. The third kappa shape index (κ3) is 3.82. The molecule has 1 N–H and O–H groups in total. The van der Waals surface area contributed by atoms with E-state index in [9.17, 15) is 19.5 Å². The molecule has 2 aliphatic heterocycles. The first-order valence-corrected chi connectivity index (χ1v) is 14.2. The Morgan fingerprint density at radius 1 is 1.09 bits per heavy atom. The Morgan fingerprint density at radius 2 is 1.59 bits per heavy atom. The summed E-state index contributed by atoms with van der Waals surface area (Å²) in [5.41, 5.74) is 0.128. The lowest BCUT2D eigenvalue weighted by Gasteiger charge is -2.45. The van der Waals surface area contributed by atoms with E-state index < -0.39 is 26.0 Å². The molecule has 3 amide bonds. The highest BCUT2D eigenvalue weighted by Crippen LogP contribution is 2.43. The summed E-state index contributed by atoms with van der Waals surface area (Å²) >= 11 is 0.